The lowest BCUT2D eigenvalue weighted by molar-refractivity contribution is -0.149. The fourth-order valence-electron chi connectivity index (χ4n) is 6.16. The van der Waals surface area contributed by atoms with Crippen molar-refractivity contribution < 1.29 is 36.6 Å². The van der Waals surface area contributed by atoms with Gasteiger partial charge in [0.25, 0.3) is 21.8 Å². The Morgan fingerprint density at radius 2 is 1.81 bits per heavy atom. The first-order valence-electron chi connectivity index (χ1n) is 14.2. The van der Waals surface area contributed by atoms with Gasteiger partial charge in [0.2, 0.25) is 0 Å². The molecule has 6 rings (SSSR count). The van der Waals surface area contributed by atoms with Crippen molar-refractivity contribution in [2.75, 3.05) is 5.32 Å². The number of fused-ring (bicyclic) bond motifs is 4. The van der Waals surface area contributed by atoms with E-state index < -0.39 is 27.6 Å². The van der Waals surface area contributed by atoms with Crippen LogP contribution in [0.3, 0.4) is 0 Å². The Hall–Kier alpha value is -3.96. The summed E-state index contributed by atoms with van der Waals surface area (Å²) in [7, 11) is -4.29. The van der Waals surface area contributed by atoms with Crippen molar-refractivity contribution >= 4 is 27.5 Å². The SMILES string of the molecule is Cc1cc2c(cc1S(=O)(=O)NC(=O)c1ccc3c(c1)[C@@H]1O[C@H](Cc4ccc(F)cc4)CC[C@H]1C(C)(C)O3)O[C@H](C)C(=O)N2. The second kappa shape index (κ2) is 10.6. The van der Waals surface area contributed by atoms with Gasteiger partial charge in [-0.2, -0.15) is 0 Å². The number of sulfonamides is 1. The molecule has 9 nitrogen and oxygen atoms in total. The van der Waals surface area contributed by atoms with E-state index in [4.69, 9.17) is 14.2 Å². The highest BCUT2D eigenvalue weighted by molar-refractivity contribution is 7.90. The Morgan fingerprint density at radius 3 is 2.56 bits per heavy atom. The van der Waals surface area contributed by atoms with Crippen molar-refractivity contribution in [1.82, 2.24) is 4.72 Å². The van der Waals surface area contributed by atoms with Crippen molar-refractivity contribution in [2.24, 2.45) is 5.92 Å². The van der Waals surface area contributed by atoms with Crippen molar-refractivity contribution in [1.29, 1.82) is 0 Å². The Morgan fingerprint density at radius 1 is 1.07 bits per heavy atom. The number of anilines is 1. The van der Waals surface area contributed by atoms with E-state index >= 15 is 0 Å². The Bertz CT molecular complexity index is 1720. The van der Waals surface area contributed by atoms with Crippen LogP contribution in [0.2, 0.25) is 0 Å². The average molecular weight is 609 g/mol. The van der Waals surface area contributed by atoms with Crippen LogP contribution in [-0.4, -0.2) is 38.0 Å². The molecule has 4 atom stereocenters. The Labute approximate surface area is 249 Å². The van der Waals surface area contributed by atoms with Gasteiger partial charge < -0.3 is 19.5 Å². The van der Waals surface area contributed by atoms with Crippen LogP contribution in [0.25, 0.3) is 0 Å². The normalized spacial score (nSPS) is 23.9. The molecule has 0 spiro atoms. The van der Waals surface area contributed by atoms with E-state index in [-0.39, 0.29) is 46.1 Å². The van der Waals surface area contributed by atoms with E-state index in [1.807, 2.05) is 13.8 Å². The molecule has 0 radical (unpaired) electrons. The van der Waals surface area contributed by atoms with Gasteiger partial charge in [0.1, 0.15) is 22.9 Å². The molecule has 3 aliphatic rings. The molecule has 3 heterocycles. The number of benzene rings is 3. The van der Waals surface area contributed by atoms with Crippen molar-refractivity contribution in [3.8, 4) is 11.5 Å². The number of hydrogen-bond acceptors (Lipinski definition) is 7. The Balaban J connectivity index is 1.25. The number of halogens is 1. The second-order valence-electron chi connectivity index (χ2n) is 11.9. The lowest BCUT2D eigenvalue weighted by atomic mass is 9.74. The molecule has 0 aliphatic carbocycles. The van der Waals surface area contributed by atoms with E-state index in [1.54, 1.807) is 38.1 Å². The van der Waals surface area contributed by atoms with Crippen LogP contribution in [0.15, 0.2) is 59.5 Å². The van der Waals surface area contributed by atoms with E-state index in [0.29, 0.717) is 29.0 Å². The van der Waals surface area contributed by atoms with Crippen LogP contribution in [-0.2, 0) is 26.0 Å². The quantitative estimate of drug-likeness (QED) is 0.408. The minimum absolute atomic E-state index is 0.00698. The Kier molecular flexibility index (Phi) is 7.21. The summed E-state index contributed by atoms with van der Waals surface area (Å²) in [4.78, 5) is 25.2. The number of rotatable bonds is 5. The molecule has 3 aromatic carbocycles. The van der Waals surface area contributed by atoms with Gasteiger partial charge >= 0.3 is 0 Å². The highest BCUT2D eigenvalue weighted by Gasteiger charge is 2.47. The van der Waals surface area contributed by atoms with Gasteiger partial charge in [-0.15, -0.1) is 0 Å². The number of hydrogen-bond donors (Lipinski definition) is 2. The zero-order chi connectivity index (χ0) is 30.7. The fraction of sp³-hybridized carbons (Fsp3) is 0.375. The molecule has 226 valence electrons. The first-order chi connectivity index (χ1) is 20.3. The summed E-state index contributed by atoms with van der Waals surface area (Å²) in [5, 5.41) is 2.69. The number of nitrogens with one attached hydrogen (secondary N) is 2. The molecule has 1 fully saturated rings. The van der Waals surface area contributed by atoms with E-state index in [1.165, 1.54) is 30.3 Å². The van der Waals surface area contributed by atoms with E-state index in [2.05, 4.69) is 10.0 Å². The molecule has 2 amide bonds. The maximum atomic E-state index is 13.4. The lowest BCUT2D eigenvalue weighted by Gasteiger charge is -2.49. The third kappa shape index (κ3) is 5.59. The summed E-state index contributed by atoms with van der Waals surface area (Å²) in [6, 6.07) is 14.0. The fourth-order valence-corrected chi connectivity index (χ4v) is 7.37. The topological polar surface area (TPSA) is 120 Å². The van der Waals surface area contributed by atoms with Gasteiger partial charge in [-0.3, -0.25) is 9.59 Å². The zero-order valence-electron chi connectivity index (χ0n) is 24.3. The maximum absolute atomic E-state index is 13.4. The maximum Gasteiger partial charge on any atom is 0.265 e. The summed E-state index contributed by atoms with van der Waals surface area (Å²) in [6.45, 7) is 7.16. The smallest absolute Gasteiger partial charge is 0.265 e. The summed E-state index contributed by atoms with van der Waals surface area (Å²) < 4.78 is 60.8. The van der Waals surface area contributed by atoms with Gasteiger partial charge in [0.05, 0.1) is 22.8 Å². The number of amides is 2. The number of aryl methyl sites for hydroxylation is 1. The monoisotopic (exact) mass is 608 g/mol. The lowest BCUT2D eigenvalue weighted by Crippen LogP contribution is -2.48. The van der Waals surface area contributed by atoms with E-state index in [0.717, 1.165) is 18.4 Å². The summed E-state index contributed by atoms with van der Waals surface area (Å²) in [5.41, 5.74) is 1.97. The molecule has 0 bridgehead atoms. The van der Waals surface area contributed by atoms with Crippen molar-refractivity contribution in [3.63, 3.8) is 0 Å². The first kappa shape index (κ1) is 29.1. The van der Waals surface area contributed by atoms with Gasteiger partial charge in [-0.05, 0) is 94.5 Å². The van der Waals surface area contributed by atoms with Crippen LogP contribution < -0.4 is 19.5 Å². The number of ether oxygens (including phenoxy) is 3. The molecule has 11 heteroatoms. The van der Waals surface area contributed by atoms with E-state index in [9.17, 15) is 22.4 Å². The largest absolute Gasteiger partial charge is 0.487 e. The molecular weight excluding hydrogens is 575 g/mol. The predicted octanol–water partition coefficient (Wildman–Crippen LogP) is 5.22. The summed E-state index contributed by atoms with van der Waals surface area (Å²) in [6.07, 6.45) is 0.958. The molecule has 1 saturated heterocycles. The minimum atomic E-state index is -4.29. The van der Waals surface area contributed by atoms with Crippen LogP contribution in [0.4, 0.5) is 10.1 Å². The predicted molar refractivity (Wildman–Crippen MR) is 156 cm³/mol. The van der Waals surface area contributed by atoms with Crippen LogP contribution >= 0.6 is 0 Å². The molecular formula is C32H33FN2O7S. The van der Waals surface area contributed by atoms with Gasteiger partial charge in [-0.1, -0.05) is 12.1 Å². The molecule has 3 aromatic rings. The molecule has 2 N–H and O–H groups in total. The average Bonchev–Trinajstić information content (AvgIpc) is 2.94. The third-order valence-corrected chi connectivity index (χ3v) is 9.92. The van der Waals surface area contributed by atoms with Crippen LogP contribution in [0, 0.1) is 18.7 Å². The second-order valence-corrected chi connectivity index (χ2v) is 13.6. The molecule has 3 aliphatic heterocycles. The number of carbonyl (C=O) groups is 2. The summed E-state index contributed by atoms with van der Waals surface area (Å²) in [5.74, 6) is -0.641. The molecule has 43 heavy (non-hydrogen) atoms. The first-order valence-corrected chi connectivity index (χ1v) is 15.7. The van der Waals surface area contributed by atoms with Crippen LogP contribution in [0.5, 0.6) is 11.5 Å². The molecule has 0 unspecified atom stereocenters. The summed E-state index contributed by atoms with van der Waals surface area (Å²) >= 11 is 0. The minimum Gasteiger partial charge on any atom is -0.487 e. The van der Waals surface area contributed by atoms with Gasteiger partial charge in [0.15, 0.2) is 6.10 Å². The highest BCUT2D eigenvalue weighted by Crippen LogP contribution is 2.51. The standard InChI is InChI=1S/C32H33FN2O7S/c1-17-13-25-27(40-18(2)30(36)34-25)16-28(17)43(38,39)35-31(37)20-7-12-26-23(15-20)29-24(32(3,4)42-26)11-10-22(41-29)14-19-5-8-21(33)9-6-19/h5-9,12-13,15-16,18,22,24,29H,10-11,14H2,1-4H3,(H,34,36)(H,35,37)/t18-,22+,24-,29+/m1/s1. The number of carbonyl (C=O) groups excluding carboxylic acids is 2. The van der Waals surface area contributed by atoms with Gasteiger partial charge in [0, 0.05) is 23.1 Å². The zero-order valence-corrected chi connectivity index (χ0v) is 25.1. The van der Waals surface area contributed by atoms with Crippen molar-refractivity contribution in [3.05, 3.63) is 82.7 Å². The molecule has 0 aromatic heterocycles. The third-order valence-electron chi connectivity index (χ3n) is 8.45. The molecule has 0 saturated carbocycles. The van der Waals surface area contributed by atoms with Crippen LogP contribution in [0.1, 0.15) is 66.8 Å². The van der Waals surface area contributed by atoms with Crippen molar-refractivity contribution in [2.45, 2.75) is 75.8 Å². The highest BCUT2D eigenvalue weighted by atomic mass is 32.2. The van der Waals surface area contributed by atoms with Gasteiger partial charge in [-0.25, -0.2) is 17.5 Å².